The highest BCUT2D eigenvalue weighted by Gasteiger charge is 2.20. The average Bonchev–Trinajstić information content (AvgIpc) is 2.52. The minimum absolute atomic E-state index is 0.767. The van der Waals surface area contributed by atoms with Crippen molar-refractivity contribution in [3.8, 4) is 0 Å². The molecule has 1 aliphatic heterocycles. The zero-order chi connectivity index (χ0) is 15.1. The number of aryl methyl sites for hydroxylation is 1. The second kappa shape index (κ2) is 8.40. The average molecular weight is 290 g/mol. The number of ether oxygens (including phenoxy) is 1. The topological polar surface area (TPSA) is 24.5 Å². The van der Waals surface area contributed by atoms with Gasteiger partial charge in [-0.15, -0.1) is 0 Å². The molecule has 0 spiro atoms. The lowest BCUT2D eigenvalue weighted by Gasteiger charge is -2.35. The van der Waals surface area contributed by atoms with Crippen molar-refractivity contribution in [1.82, 2.24) is 5.32 Å². The van der Waals surface area contributed by atoms with E-state index < -0.39 is 0 Å². The minimum Gasteiger partial charge on any atom is -0.383 e. The van der Waals surface area contributed by atoms with E-state index in [1.165, 1.54) is 49.2 Å². The number of piperidine rings is 1. The molecule has 3 heteroatoms. The highest BCUT2D eigenvalue weighted by Crippen LogP contribution is 2.28. The molecular weight excluding hydrogens is 260 g/mol. The van der Waals surface area contributed by atoms with Crippen LogP contribution >= 0.6 is 0 Å². The van der Waals surface area contributed by atoms with Crippen LogP contribution in [0.2, 0.25) is 0 Å². The van der Waals surface area contributed by atoms with Crippen LogP contribution in [0.1, 0.15) is 37.3 Å². The molecule has 1 aromatic rings. The van der Waals surface area contributed by atoms with Crippen LogP contribution in [0.25, 0.3) is 0 Å². The molecule has 1 saturated heterocycles. The lowest BCUT2D eigenvalue weighted by molar-refractivity contribution is 0.199. The van der Waals surface area contributed by atoms with Crippen molar-refractivity contribution < 1.29 is 4.74 Å². The van der Waals surface area contributed by atoms with Crippen LogP contribution in [0.15, 0.2) is 18.2 Å². The van der Waals surface area contributed by atoms with Crippen LogP contribution in [0.4, 0.5) is 5.69 Å². The minimum atomic E-state index is 0.767. The van der Waals surface area contributed by atoms with Crippen molar-refractivity contribution in [2.24, 2.45) is 5.92 Å². The Morgan fingerprint density at radius 2 is 2.24 bits per heavy atom. The molecule has 3 nitrogen and oxygen atoms in total. The predicted octanol–water partition coefficient (Wildman–Crippen LogP) is 3.36. The quantitative estimate of drug-likeness (QED) is 0.779. The predicted molar refractivity (Wildman–Crippen MR) is 90.0 cm³/mol. The van der Waals surface area contributed by atoms with E-state index in [1.54, 1.807) is 7.11 Å². The van der Waals surface area contributed by atoms with E-state index in [0.717, 1.165) is 25.6 Å². The number of benzene rings is 1. The summed E-state index contributed by atoms with van der Waals surface area (Å²) in [5.41, 5.74) is 4.18. The molecular formula is C18H30N2O. The zero-order valence-corrected chi connectivity index (χ0v) is 13.8. The molecule has 2 rings (SSSR count). The van der Waals surface area contributed by atoms with Crippen molar-refractivity contribution in [1.29, 1.82) is 0 Å². The van der Waals surface area contributed by atoms with Crippen LogP contribution < -0.4 is 10.2 Å². The van der Waals surface area contributed by atoms with Crippen LogP contribution in [0.5, 0.6) is 0 Å². The van der Waals surface area contributed by atoms with Gasteiger partial charge in [0.2, 0.25) is 0 Å². The second-order valence-electron chi connectivity index (χ2n) is 6.16. The van der Waals surface area contributed by atoms with Gasteiger partial charge in [0.25, 0.3) is 0 Å². The highest BCUT2D eigenvalue weighted by atomic mass is 16.5. The fourth-order valence-corrected chi connectivity index (χ4v) is 3.18. The van der Waals surface area contributed by atoms with Crippen molar-refractivity contribution in [2.75, 3.05) is 38.3 Å². The Bertz CT molecular complexity index is 433. The van der Waals surface area contributed by atoms with Crippen molar-refractivity contribution in [2.45, 2.75) is 39.7 Å². The fourth-order valence-electron chi connectivity index (χ4n) is 3.18. The summed E-state index contributed by atoms with van der Waals surface area (Å²) in [4.78, 5) is 2.59. The van der Waals surface area contributed by atoms with Gasteiger partial charge in [-0.1, -0.05) is 31.0 Å². The third-order valence-corrected chi connectivity index (χ3v) is 4.47. The molecule has 0 aliphatic carbocycles. The Labute approximate surface area is 129 Å². The summed E-state index contributed by atoms with van der Waals surface area (Å²) in [6.07, 6.45) is 4.01. The third-order valence-electron chi connectivity index (χ3n) is 4.47. The maximum Gasteiger partial charge on any atom is 0.0587 e. The van der Waals surface area contributed by atoms with E-state index >= 15 is 0 Å². The number of hydrogen-bond acceptors (Lipinski definition) is 3. The molecule has 118 valence electrons. The summed E-state index contributed by atoms with van der Waals surface area (Å²) >= 11 is 0. The Balaban J connectivity index is 2.06. The van der Waals surface area contributed by atoms with Crippen molar-refractivity contribution >= 4 is 5.69 Å². The van der Waals surface area contributed by atoms with E-state index in [1.807, 2.05) is 0 Å². The van der Waals surface area contributed by atoms with Crippen LogP contribution in [-0.2, 0) is 11.3 Å². The van der Waals surface area contributed by atoms with Crippen LogP contribution in [0.3, 0.4) is 0 Å². The van der Waals surface area contributed by atoms with Gasteiger partial charge in [0, 0.05) is 39.0 Å². The Hall–Kier alpha value is -1.06. The van der Waals surface area contributed by atoms with E-state index in [2.05, 4.69) is 42.3 Å². The van der Waals surface area contributed by atoms with E-state index in [4.69, 9.17) is 4.74 Å². The van der Waals surface area contributed by atoms with Crippen molar-refractivity contribution in [3.63, 3.8) is 0 Å². The lowest BCUT2D eigenvalue weighted by atomic mass is 9.94. The first-order chi connectivity index (χ1) is 10.2. The number of hydrogen-bond donors (Lipinski definition) is 1. The van der Waals surface area contributed by atoms with Gasteiger partial charge < -0.3 is 15.0 Å². The lowest BCUT2D eigenvalue weighted by Crippen LogP contribution is -2.36. The number of anilines is 1. The first kappa shape index (κ1) is 16.3. The molecule has 21 heavy (non-hydrogen) atoms. The summed E-state index contributed by atoms with van der Waals surface area (Å²) in [6, 6.07) is 6.87. The SMILES string of the molecule is CCC1CCCN(c2ccc(C)cc2CNCCOC)C1. The van der Waals surface area contributed by atoms with E-state index in [0.29, 0.717) is 0 Å². The molecule has 1 aromatic carbocycles. The largest absolute Gasteiger partial charge is 0.383 e. The molecule has 1 aliphatic rings. The standard InChI is InChI=1S/C18H30N2O/c1-4-16-6-5-10-20(14-16)18-8-7-15(2)12-17(18)13-19-9-11-21-3/h7-8,12,16,19H,4-6,9-11,13-14H2,1-3H3. The van der Waals surface area contributed by atoms with E-state index in [9.17, 15) is 0 Å². The molecule has 0 amide bonds. The summed E-state index contributed by atoms with van der Waals surface area (Å²) in [6.45, 7) is 9.50. The molecule has 0 radical (unpaired) electrons. The Kier molecular flexibility index (Phi) is 6.52. The second-order valence-corrected chi connectivity index (χ2v) is 6.16. The summed E-state index contributed by atoms with van der Waals surface area (Å²) in [5.74, 6) is 0.856. The van der Waals surface area contributed by atoms with Gasteiger partial charge in [0.05, 0.1) is 6.61 Å². The number of methoxy groups -OCH3 is 1. The first-order valence-corrected chi connectivity index (χ1v) is 8.28. The number of rotatable bonds is 7. The van der Waals surface area contributed by atoms with Crippen molar-refractivity contribution in [3.05, 3.63) is 29.3 Å². The summed E-state index contributed by atoms with van der Waals surface area (Å²) in [5, 5.41) is 3.48. The van der Waals surface area contributed by atoms with Gasteiger partial charge >= 0.3 is 0 Å². The van der Waals surface area contributed by atoms with Gasteiger partial charge in [-0.2, -0.15) is 0 Å². The van der Waals surface area contributed by atoms with Gasteiger partial charge in [-0.25, -0.2) is 0 Å². The van der Waals surface area contributed by atoms with Crippen LogP contribution in [0, 0.1) is 12.8 Å². The smallest absolute Gasteiger partial charge is 0.0587 e. The number of nitrogens with one attached hydrogen (secondary N) is 1. The van der Waals surface area contributed by atoms with Gasteiger partial charge in [0.1, 0.15) is 0 Å². The third kappa shape index (κ3) is 4.72. The molecule has 0 saturated carbocycles. The van der Waals surface area contributed by atoms with Gasteiger partial charge in [-0.05, 0) is 37.3 Å². The maximum atomic E-state index is 5.11. The number of nitrogens with zero attached hydrogens (tertiary/aromatic N) is 1. The first-order valence-electron chi connectivity index (χ1n) is 8.28. The summed E-state index contributed by atoms with van der Waals surface area (Å²) < 4.78 is 5.11. The molecule has 1 fully saturated rings. The molecule has 1 atom stereocenters. The van der Waals surface area contributed by atoms with Gasteiger partial charge in [0.15, 0.2) is 0 Å². The Morgan fingerprint density at radius 1 is 1.38 bits per heavy atom. The van der Waals surface area contributed by atoms with Crippen LogP contribution in [-0.4, -0.2) is 33.4 Å². The normalized spacial score (nSPS) is 19.0. The molecule has 0 bridgehead atoms. The molecule has 1 N–H and O–H groups in total. The molecule has 1 heterocycles. The summed E-state index contributed by atoms with van der Waals surface area (Å²) in [7, 11) is 1.75. The van der Waals surface area contributed by atoms with E-state index in [-0.39, 0.29) is 0 Å². The fraction of sp³-hybridized carbons (Fsp3) is 0.667. The molecule has 1 unspecified atom stereocenters. The van der Waals surface area contributed by atoms with Gasteiger partial charge in [-0.3, -0.25) is 0 Å². The maximum absolute atomic E-state index is 5.11. The molecule has 0 aromatic heterocycles. The highest BCUT2D eigenvalue weighted by molar-refractivity contribution is 5.55. The zero-order valence-electron chi connectivity index (χ0n) is 13.8. The Morgan fingerprint density at radius 3 is 3.00 bits per heavy atom. The monoisotopic (exact) mass is 290 g/mol.